The third-order valence-corrected chi connectivity index (χ3v) is 4.24. The van der Waals surface area contributed by atoms with E-state index in [2.05, 4.69) is 27.9 Å². The SMILES string of the molecule is CN(Cc1ccc(F)cc1Br)CC1CCCC1. The van der Waals surface area contributed by atoms with Crippen LogP contribution < -0.4 is 0 Å². The average molecular weight is 300 g/mol. The van der Waals surface area contributed by atoms with Gasteiger partial charge in [-0.1, -0.05) is 34.8 Å². The lowest BCUT2D eigenvalue weighted by molar-refractivity contribution is 0.270. The zero-order valence-corrected chi connectivity index (χ0v) is 11.8. The number of benzene rings is 1. The predicted molar refractivity (Wildman–Crippen MR) is 72.4 cm³/mol. The molecule has 1 aromatic carbocycles. The summed E-state index contributed by atoms with van der Waals surface area (Å²) in [5.74, 6) is 0.679. The predicted octanol–water partition coefficient (Wildman–Crippen LogP) is 4.21. The molecule has 2 rings (SSSR count). The van der Waals surface area contributed by atoms with Gasteiger partial charge in [-0.15, -0.1) is 0 Å². The molecule has 1 aliphatic rings. The van der Waals surface area contributed by atoms with Gasteiger partial charge in [-0.05, 0) is 43.5 Å². The molecule has 94 valence electrons. The second-order valence-electron chi connectivity index (χ2n) is 5.08. The highest BCUT2D eigenvalue weighted by Gasteiger charge is 2.17. The molecule has 1 fully saturated rings. The van der Waals surface area contributed by atoms with E-state index in [1.54, 1.807) is 6.07 Å². The van der Waals surface area contributed by atoms with Crippen molar-refractivity contribution in [1.82, 2.24) is 4.90 Å². The van der Waals surface area contributed by atoms with Crippen molar-refractivity contribution < 1.29 is 4.39 Å². The normalized spacial score (nSPS) is 16.9. The van der Waals surface area contributed by atoms with Crippen LogP contribution in [-0.4, -0.2) is 18.5 Å². The van der Waals surface area contributed by atoms with E-state index in [-0.39, 0.29) is 5.82 Å². The Morgan fingerprint density at radius 1 is 1.35 bits per heavy atom. The average Bonchev–Trinajstić information content (AvgIpc) is 2.75. The highest BCUT2D eigenvalue weighted by Crippen LogP contribution is 2.26. The minimum atomic E-state index is -0.181. The molecule has 0 bridgehead atoms. The van der Waals surface area contributed by atoms with E-state index in [9.17, 15) is 4.39 Å². The number of hydrogen-bond donors (Lipinski definition) is 0. The first-order valence-electron chi connectivity index (χ1n) is 6.27. The maximum Gasteiger partial charge on any atom is 0.124 e. The molecule has 0 heterocycles. The fourth-order valence-electron chi connectivity index (χ4n) is 2.64. The second kappa shape index (κ2) is 5.96. The topological polar surface area (TPSA) is 3.24 Å². The van der Waals surface area contributed by atoms with Crippen molar-refractivity contribution in [2.24, 2.45) is 5.92 Å². The Hall–Kier alpha value is -0.410. The van der Waals surface area contributed by atoms with E-state index in [0.29, 0.717) is 0 Å². The standard InChI is InChI=1S/C14H19BrFN/c1-17(9-11-4-2-3-5-11)10-12-6-7-13(16)8-14(12)15/h6-8,11H,2-5,9-10H2,1H3. The van der Waals surface area contributed by atoms with E-state index in [4.69, 9.17) is 0 Å². The highest BCUT2D eigenvalue weighted by atomic mass is 79.9. The van der Waals surface area contributed by atoms with Gasteiger partial charge in [0.05, 0.1) is 0 Å². The molecule has 0 unspecified atom stereocenters. The van der Waals surface area contributed by atoms with E-state index >= 15 is 0 Å². The first-order chi connectivity index (χ1) is 8.15. The number of nitrogens with zero attached hydrogens (tertiary/aromatic N) is 1. The molecule has 1 saturated carbocycles. The zero-order chi connectivity index (χ0) is 12.3. The Bertz CT molecular complexity index is 374. The Balaban J connectivity index is 1.90. The summed E-state index contributed by atoms with van der Waals surface area (Å²) in [5, 5.41) is 0. The number of halogens is 2. The van der Waals surface area contributed by atoms with Crippen LogP contribution in [0.2, 0.25) is 0 Å². The molecule has 1 aromatic rings. The van der Waals surface area contributed by atoms with Gasteiger partial charge < -0.3 is 4.90 Å². The van der Waals surface area contributed by atoms with Crippen LogP contribution in [-0.2, 0) is 6.54 Å². The number of hydrogen-bond acceptors (Lipinski definition) is 1. The quantitative estimate of drug-likeness (QED) is 0.805. The van der Waals surface area contributed by atoms with E-state index in [1.165, 1.54) is 31.7 Å². The maximum absolute atomic E-state index is 13.0. The first-order valence-corrected chi connectivity index (χ1v) is 7.07. The Kier molecular flexibility index (Phi) is 4.57. The largest absolute Gasteiger partial charge is 0.302 e. The van der Waals surface area contributed by atoms with Gasteiger partial charge in [0.15, 0.2) is 0 Å². The van der Waals surface area contributed by atoms with Crippen LogP contribution in [0.3, 0.4) is 0 Å². The molecular formula is C14H19BrFN. The first kappa shape index (κ1) is 13.0. The summed E-state index contributed by atoms with van der Waals surface area (Å²) >= 11 is 3.42. The van der Waals surface area contributed by atoms with Gasteiger partial charge in [-0.2, -0.15) is 0 Å². The van der Waals surface area contributed by atoms with Crippen molar-refractivity contribution in [3.63, 3.8) is 0 Å². The van der Waals surface area contributed by atoms with E-state index in [0.717, 1.165) is 29.0 Å². The van der Waals surface area contributed by atoms with Gasteiger partial charge >= 0.3 is 0 Å². The van der Waals surface area contributed by atoms with Crippen LogP contribution in [0.15, 0.2) is 22.7 Å². The zero-order valence-electron chi connectivity index (χ0n) is 10.3. The molecule has 0 amide bonds. The Morgan fingerprint density at radius 2 is 2.06 bits per heavy atom. The van der Waals surface area contributed by atoms with Crippen molar-refractivity contribution >= 4 is 15.9 Å². The van der Waals surface area contributed by atoms with Crippen LogP contribution in [0, 0.1) is 11.7 Å². The molecule has 0 radical (unpaired) electrons. The third kappa shape index (κ3) is 3.78. The monoisotopic (exact) mass is 299 g/mol. The van der Waals surface area contributed by atoms with Gasteiger partial charge in [0.2, 0.25) is 0 Å². The van der Waals surface area contributed by atoms with Crippen molar-refractivity contribution in [3.05, 3.63) is 34.1 Å². The van der Waals surface area contributed by atoms with Gasteiger partial charge in [-0.25, -0.2) is 4.39 Å². The van der Waals surface area contributed by atoms with Crippen molar-refractivity contribution in [2.45, 2.75) is 32.2 Å². The summed E-state index contributed by atoms with van der Waals surface area (Å²) in [5.41, 5.74) is 1.16. The maximum atomic E-state index is 13.0. The van der Waals surface area contributed by atoms with Crippen molar-refractivity contribution in [1.29, 1.82) is 0 Å². The van der Waals surface area contributed by atoms with Crippen LogP contribution in [0.25, 0.3) is 0 Å². The Labute approximate surface area is 111 Å². The molecular weight excluding hydrogens is 281 g/mol. The van der Waals surface area contributed by atoms with Gasteiger partial charge in [-0.3, -0.25) is 0 Å². The fourth-order valence-corrected chi connectivity index (χ4v) is 3.12. The lowest BCUT2D eigenvalue weighted by Gasteiger charge is -2.21. The van der Waals surface area contributed by atoms with Crippen LogP contribution >= 0.6 is 15.9 Å². The summed E-state index contributed by atoms with van der Waals surface area (Å²) in [4.78, 5) is 2.34. The molecule has 17 heavy (non-hydrogen) atoms. The summed E-state index contributed by atoms with van der Waals surface area (Å²) < 4.78 is 13.8. The third-order valence-electron chi connectivity index (χ3n) is 3.50. The lowest BCUT2D eigenvalue weighted by Crippen LogP contribution is -2.24. The lowest BCUT2D eigenvalue weighted by atomic mass is 10.1. The van der Waals surface area contributed by atoms with Crippen LogP contribution in [0.5, 0.6) is 0 Å². The van der Waals surface area contributed by atoms with Gasteiger partial charge in [0.25, 0.3) is 0 Å². The minimum Gasteiger partial charge on any atom is -0.302 e. The summed E-state index contributed by atoms with van der Waals surface area (Å²) in [6.07, 6.45) is 5.52. The van der Waals surface area contributed by atoms with Gasteiger partial charge in [0.1, 0.15) is 5.82 Å². The molecule has 1 nitrogen and oxygen atoms in total. The van der Waals surface area contributed by atoms with Gasteiger partial charge in [0, 0.05) is 17.6 Å². The highest BCUT2D eigenvalue weighted by molar-refractivity contribution is 9.10. The summed E-state index contributed by atoms with van der Waals surface area (Å²) in [6.45, 7) is 2.04. The molecule has 0 atom stereocenters. The smallest absolute Gasteiger partial charge is 0.124 e. The summed E-state index contributed by atoms with van der Waals surface area (Å²) in [6, 6.07) is 4.94. The van der Waals surface area contributed by atoms with Crippen molar-refractivity contribution in [3.8, 4) is 0 Å². The molecule has 0 aliphatic heterocycles. The molecule has 0 spiro atoms. The Morgan fingerprint density at radius 3 is 2.71 bits per heavy atom. The van der Waals surface area contributed by atoms with Crippen LogP contribution in [0.1, 0.15) is 31.2 Å². The molecule has 0 N–H and O–H groups in total. The fraction of sp³-hybridized carbons (Fsp3) is 0.571. The minimum absolute atomic E-state index is 0.181. The second-order valence-corrected chi connectivity index (χ2v) is 5.94. The van der Waals surface area contributed by atoms with Crippen molar-refractivity contribution in [2.75, 3.05) is 13.6 Å². The molecule has 1 aliphatic carbocycles. The van der Waals surface area contributed by atoms with E-state index < -0.39 is 0 Å². The molecule has 0 aromatic heterocycles. The summed E-state index contributed by atoms with van der Waals surface area (Å²) in [7, 11) is 2.15. The number of rotatable bonds is 4. The van der Waals surface area contributed by atoms with E-state index in [1.807, 2.05) is 6.07 Å². The molecule has 3 heteroatoms. The van der Waals surface area contributed by atoms with Crippen LogP contribution in [0.4, 0.5) is 4.39 Å². The molecule has 0 saturated heterocycles.